The van der Waals surface area contributed by atoms with E-state index in [1.54, 1.807) is 0 Å². The molecule has 0 spiro atoms. The number of ether oxygens (including phenoxy) is 1. The molecule has 106 valence electrons. The highest BCUT2D eigenvalue weighted by Gasteiger charge is 2.29. The lowest BCUT2D eigenvalue weighted by Gasteiger charge is -2.16. The largest absolute Gasteiger partial charge is 0.487 e. The van der Waals surface area contributed by atoms with Crippen LogP contribution in [0.15, 0.2) is 18.2 Å². The third-order valence-electron chi connectivity index (χ3n) is 3.28. The average molecular weight is 281 g/mol. The third-order valence-corrected chi connectivity index (χ3v) is 4.59. The summed E-state index contributed by atoms with van der Waals surface area (Å²) in [6.07, 6.45) is 0.968. The quantitative estimate of drug-likeness (QED) is 0.813. The molecule has 0 aliphatic carbocycles. The standard InChI is InChI=1S/C15H23NO2S/c1-4-19(17)8-7-16-11-12-5-6-14-13(9-12)10-15(2,3)18-14/h5-6,9,16H,4,7-8,10-11H2,1-3H3. The Morgan fingerprint density at radius 1 is 1.42 bits per heavy atom. The minimum atomic E-state index is -0.677. The SMILES string of the molecule is CCS(=O)CCNCc1ccc2c(c1)CC(C)(C)O2. The van der Waals surface area contributed by atoms with Crippen molar-refractivity contribution in [1.29, 1.82) is 0 Å². The molecule has 1 N–H and O–H groups in total. The number of fused-ring (bicyclic) bond motifs is 1. The average Bonchev–Trinajstić information content (AvgIpc) is 2.67. The second-order valence-corrected chi connectivity index (χ2v) is 7.46. The molecular formula is C15H23NO2S. The van der Waals surface area contributed by atoms with E-state index in [1.165, 1.54) is 11.1 Å². The van der Waals surface area contributed by atoms with Crippen molar-refractivity contribution in [2.45, 2.75) is 39.3 Å². The summed E-state index contributed by atoms with van der Waals surface area (Å²) >= 11 is 0. The first-order valence-corrected chi connectivity index (χ1v) is 8.35. The highest BCUT2D eigenvalue weighted by molar-refractivity contribution is 7.84. The molecule has 1 atom stereocenters. The maximum absolute atomic E-state index is 11.3. The summed E-state index contributed by atoms with van der Waals surface area (Å²) in [6.45, 7) is 7.82. The highest BCUT2D eigenvalue weighted by atomic mass is 32.2. The lowest BCUT2D eigenvalue weighted by Crippen LogP contribution is -2.24. The predicted octanol–water partition coefficient (Wildman–Crippen LogP) is 2.26. The second-order valence-electron chi connectivity index (χ2n) is 5.59. The topological polar surface area (TPSA) is 38.3 Å². The fourth-order valence-electron chi connectivity index (χ4n) is 2.34. The van der Waals surface area contributed by atoms with Gasteiger partial charge in [-0.25, -0.2) is 0 Å². The van der Waals surface area contributed by atoms with Crippen molar-refractivity contribution in [3.8, 4) is 5.75 Å². The monoisotopic (exact) mass is 281 g/mol. The summed E-state index contributed by atoms with van der Waals surface area (Å²) in [5, 5.41) is 3.34. The van der Waals surface area contributed by atoms with Crippen molar-refractivity contribution in [2.75, 3.05) is 18.1 Å². The molecule has 0 radical (unpaired) electrons. The molecule has 1 heterocycles. The van der Waals surface area contributed by atoms with Gasteiger partial charge in [0.1, 0.15) is 11.4 Å². The number of rotatable bonds is 6. The molecule has 0 saturated carbocycles. The van der Waals surface area contributed by atoms with Crippen LogP contribution in [0.1, 0.15) is 31.9 Å². The minimum absolute atomic E-state index is 0.0770. The third kappa shape index (κ3) is 4.05. The molecule has 0 saturated heterocycles. The van der Waals surface area contributed by atoms with Gasteiger partial charge in [0.2, 0.25) is 0 Å². The molecule has 3 nitrogen and oxygen atoms in total. The van der Waals surface area contributed by atoms with E-state index >= 15 is 0 Å². The van der Waals surface area contributed by atoms with Crippen LogP contribution in [0.4, 0.5) is 0 Å². The first kappa shape index (κ1) is 14.5. The Bertz CT molecular complexity index is 471. The van der Waals surface area contributed by atoms with Crippen LogP contribution in [-0.2, 0) is 23.8 Å². The van der Waals surface area contributed by atoms with E-state index in [1.807, 2.05) is 6.92 Å². The van der Waals surface area contributed by atoms with Crippen molar-refractivity contribution in [1.82, 2.24) is 5.32 Å². The Balaban J connectivity index is 1.85. The van der Waals surface area contributed by atoms with Gasteiger partial charge in [0.25, 0.3) is 0 Å². The van der Waals surface area contributed by atoms with Crippen LogP contribution < -0.4 is 10.1 Å². The minimum Gasteiger partial charge on any atom is -0.487 e. The number of nitrogens with one attached hydrogen (secondary N) is 1. The number of benzene rings is 1. The van der Waals surface area contributed by atoms with Crippen molar-refractivity contribution in [2.24, 2.45) is 0 Å². The van der Waals surface area contributed by atoms with Gasteiger partial charge in [-0.1, -0.05) is 19.1 Å². The van der Waals surface area contributed by atoms with Crippen LogP contribution in [0.5, 0.6) is 5.75 Å². The fourth-order valence-corrected chi connectivity index (χ4v) is 3.00. The van der Waals surface area contributed by atoms with Gasteiger partial charge in [0, 0.05) is 41.8 Å². The summed E-state index contributed by atoms with van der Waals surface area (Å²) in [7, 11) is -0.677. The molecule has 4 heteroatoms. The van der Waals surface area contributed by atoms with E-state index in [9.17, 15) is 4.21 Å². The van der Waals surface area contributed by atoms with Crippen LogP contribution in [-0.4, -0.2) is 27.9 Å². The maximum atomic E-state index is 11.3. The van der Waals surface area contributed by atoms with Crippen LogP contribution in [0.25, 0.3) is 0 Å². The van der Waals surface area contributed by atoms with E-state index in [4.69, 9.17) is 4.74 Å². The van der Waals surface area contributed by atoms with Crippen LogP contribution in [0.2, 0.25) is 0 Å². The molecule has 1 aliphatic heterocycles. The van der Waals surface area contributed by atoms with Crippen LogP contribution in [0, 0.1) is 0 Å². The van der Waals surface area contributed by atoms with E-state index in [0.717, 1.165) is 36.8 Å². The number of hydrogen-bond donors (Lipinski definition) is 1. The summed E-state index contributed by atoms with van der Waals surface area (Å²) in [6, 6.07) is 6.38. The molecule has 1 unspecified atom stereocenters. The van der Waals surface area contributed by atoms with Gasteiger partial charge >= 0.3 is 0 Å². The molecule has 1 aromatic rings. The zero-order valence-corrected chi connectivity index (χ0v) is 12.8. The molecule has 0 fully saturated rings. The van der Waals surface area contributed by atoms with E-state index in [-0.39, 0.29) is 5.60 Å². The zero-order valence-electron chi connectivity index (χ0n) is 12.0. The molecule has 0 aromatic heterocycles. The van der Waals surface area contributed by atoms with Gasteiger partial charge in [-0.15, -0.1) is 0 Å². The molecular weight excluding hydrogens is 258 g/mol. The first-order valence-electron chi connectivity index (χ1n) is 6.87. The van der Waals surface area contributed by atoms with Gasteiger partial charge < -0.3 is 10.1 Å². The van der Waals surface area contributed by atoms with E-state index in [0.29, 0.717) is 0 Å². The van der Waals surface area contributed by atoms with Gasteiger partial charge in [-0.05, 0) is 31.0 Å². The second kappa shape index (κ2) is 6.06. The molecule has 19 heavy (non-hydrogen) atoms. The van der Waals surface area contributed by atoms with Gasteiger partial charge in [0.15, 0.2) is 0 Å². The summed E-state index contributed by atoms with van der Waals surface area (Å²) in [4.78, 5) is 0. The lowest BCUT2D eigenvalue weighted by atomic mass is 10.0. The van der Waals surface area contributed by atoms with E-state index in [2.05, 4.69) is 37.4 Å². The molecule has 1 aliphatic rings. The van der Waals surface area contributed by atoms with Crippen molar-refractivity contribution in [3.63, 3.8) is 0 Å². The number of hydrogen-bond acceptors (Lipinski definition) is 3. The zero-order chi connectivity index (χ0) is 13.9. The Hall–Kier alpha value is -0.870. The summed E-state index contributed by atoms with van der Waals surface area (Å²) in [5.74, 6) is 2.49. The maximum Gasteiger partial charge on any atom is 0.123 e. The summed E-state index contributed by atoms with van der Waals surface area (Å²) < 4.78 is 17.2. The Kier molecular flexibility index (Phi) is 4.63. The van der Waals surface area contributed by atoms with Crippen molar-refractivity contribution in [3.05, 3.63) is 29.3 Å². The first-order chi connectivity index (χ1) is 9.00. The predicted molar refractivity (Wildman–Crippen MR) is 80.1 cm³/mol. The van der Waals surface area contributed by atoms with Crippen molar-refractivity contribution >= 4 is 10.8 Å². The van der Waals surface area contributed by atoms with Crippen LogP contribution in [0.3, 0.4) is 0 Å². The van der Waals surface area contributed by atoms with Gasteiger partial charge in [-0.2, -0.15) is 0 Å². The molecule has 0 bridgehead atoms. The Morgan fingerprint density at radius 2 is 2.21 bits per heavy atom. The molecule has 1 aromatic carbocycles. The highest BCUT2D eigenvalue weighted by Crippen LogP contribution is 2.35. The van der Waals surface area contributed by atoms with Crippen molar-refractivity contribution < 1.29 is 8.95 Å². The Morgan fingerprint density at radius 3 is 2.95 bits per heavy atom. The summed E-state index contributed by atoms with van der Waals surface area (Å²) in [5.41, 5.74) is 2.48. The molecule has 2 rings (SSSR count). The smallest absolute Gasteiger partial charge is 0.123 e. The van der Waals surface area contributed by atoms with E-state index < -0.39 is 10.8 Å². The molecule has 0 amide bonds. The fraction of sp³-hybridized carbons (Fsp3) is 0.600. The van der Waals surface area contributed by atoms with Gasteiger partial charge in [0.05, 0.1) is 0 Å². The van der Waals surface area contributed by atoms with Crippen LogP contribution >= 0.6 is 0 Å². The normalized spacial score (nSPS) is 17.8. The Labute approximate surface area is 118 Å². The lowest BCUT2D eigenvalue weighted by molar-refractivity contribution is 0.138. The van der Waals surface area contributed by atoms with Gasteiger partial charge in [-0.3, -0.25) is 4.21 Å².